The summed E-state index contributed by atoms with van der Waals surface area (Å²) in [5.74, 6) is 2.31. The molecule has 10 atom stereocenters. The van der Waals surface area contributed by atoms with E-state index in [1.54, 1.807) is 0 Å². The summed E-state index contributed by atoms with van der Waals surface area (Å²) in [5, 5.41) is 10.9. The highest BCUT2D eigenvalue weighted by Gasteiger charge is 2.84. The van der Waals surface area contributed by atoms with Gasteiger partial charge in [0, 0.05) is 23.7 Å². The second-order valence-corrected chi connectivity index (χ2v) is 15.2. The molecule has 6 fully saturated rings. The van der Waals surface area contributed by atoms with Gasteiger partial charge in [-0.3, -0.25) is 4.79 Å². The first kappa shape index (κ1) is 22.1. The normalized spacial score (nSPS) is 59.7. The molecular weight excluding hydrogens is 396 g/mol. The van der Waals surface area contributed by atoms with Crippen molar-refractivity contribution in [3.63, 3.8) is 0 Å². The summed E-state index contributed by atoms with van der Waals surface area (Å²) in [6.07, 6.45) is 9.82. The average molecular weight is 443 g/mol. The van der Waals surface area contributed by atoms with Crippen molar-refractivity contribution < 1.29 is 14.6 Å². The van der Waals surface area contributed by atoms with Crippen LogP contribution in [0, 0.1) is 50.7 Å². The Hall–Kier alpha value is -0.410. The molecule has 32 heavy (non-hydrogen) atoms. The first-order chi connectivity index (χ1) is 14.7. The maximum Gasteiger partial charge on any atom is 0.137 e. The molecule has 0 aromatic rings. The molecule has 6 aliphatic rings. The van der Waals surface area contributed by atoms with Crippen LogP contribution in [0.15, 0.2) is 0 Å². The second-order valence-electron chi connectivity index (χ2n) is 15.2. The number of ether oxygens (including phenoxy) is 1. The number of carbonyl (C=O) groups excluding carboxylic acids is 1. The molecule has 0 radical (unpaired) electrons. The molecular formula is C29H46O3. The number of hydrogen-bond donors (Lipinski definition) is 1. The minimum absolute atomic E-state index is 0.0327. The molecule has 5 saturated carbocycles. The van der Waals surface area contributed by atoms with Gasteiger partial charge in [0.25, 0.3) is 0 Å². The number of ketones is 1. The number of aliphatic hydroxyl groups excluding tert-OH is 1. The van der Waals surface area contributed by atoms with E-state index in [0.29, 0.717) is 35.1 Å². The third-order valence-electron chi connectivity index (χ3n) is 13.2. The fraction of sp³-hybridized carbons (Fsp3) is 0.966. The van der Waals surface area contributed by atoms with Gasteiger partial charge in [-0.05, 0) is 84.9 Å². The number of hydrogen-bond acceptors (Lipinski definition) is 3. The molecule has 6 rings (SSSR count). The van der Waals surface area contributed by atoms with Crippen molar-refractivity contribution in [2.75, 3.05) is 0 Å². The molecule has 0 bridgehead atoms. The highest BCUT2D eigenvalue weighted by atomic mass is 16.6. The number of aliphatic hydroxyl groups is 1. The molecule has 0 amide bonds. The van der Waals surface area contributed by atoms with Gasteiger partial charge in [-0.1, -0.05) is 48.5 Å². The van der Waals surface area contributed by atoms with Gasteiger partial charge >= 0.3 is 0 Å². The van der Waals surface area contributed by atoms with Crippen LogP contribution < -0.4 is 0 Å². The lowest BCUT2D eigenvalue weighted by atomic mass is 9.32. The van der Waals surface area contributed by atoms with E-state index in [9.17, 15) is 9.90 Å². The Morgan fingerprint density at radius 3 is 2.34 bits per heavy atom. The Morgan fingerprint density at radius 1 is 0.906 bits per heavy atom. The number of Topliss-reactive ketones (excluding diaryl/α,β-unsaturated/α-hetero) is 1. The molecule has 0 unspecified atom stereocenters. The van der Waals surface area contributed by atoms with Crippen LogP contribution in [0.3, 0.4) is 0 Å². The largest absolute Gasteiger partial charge is 0.393 e. The number of fused-ring (bicyclic) bond motifs is 5. The summed E-state index contributed by atoms with van der Waals surface area (Å²) < 4.78 is 6.94. The second kappa shape index (κ2) is 6.04. The van der Waals surface area contributed by atoms with Gasteiger partial charge < -0.3 is 9.84 Å². The Balaban J connectivity index is 1.44. The van der Waals surface area contributed by atoms with Crippen molar-refractivity contribution in [2.45, 2.75) is 124 Å². The van der Waals surface area contributed by atoms with E-state index >= 15 is 0 Å². The lowest BCUT2D eigenvalue weighted by Gasteiger charge is -2.71. The summed E-state index contributed by atoms with van der Waals surface area (Å²) >= 11 is 0. The molecule has 5 aliphatic carbocycles. The molecule has 1 aliphatic heterocycles. The van der Waals surface area contributed by atoms with Gasteiger partial charge in [-0.15, -0.1) is 0 Å². The molecule has 1 saturated heterocycles. The first-order valence-corrected chi connectivity index (χ1v) is 13.6. The van der Waals surface area contributed by atoms with E-state index in [1.165, 1.54) is 25.7 Å². The highest BCUT2D eigenvalue weighted by Crippen LogP contribution is 2.81. The fourth-order valence-corrected chi connectivity index (χ4v) is 11.3. The van der Waals surface area contributed by atoms with Crippen LogP contribution in [0.2, 0.25) is 0 Å². The van der Waals surface area contributed by atoms with Crippen molar-refractivity contribution in [1.82, 2.24) is 0 Å². The summed E-state index contributed by atoms with van der Waals surface area (Å²) in [4.78, 5) is 13.7. The fourth-order valence-electron chi connectivity index (χ4n) is 11.3. The zero-order valence-corrected chi connectivity index (χ0v) is 21.6. The smallest absolute Gasteiger partial charge is 0.137 e. The predicted octanol–water partition coefficient (Wildman–Crippen LogP) is 6.17. The Kier molecular flexibility index (Phi) is 4.17. The van der Waals surface area contributed by atoms with E-state index in [1.807, 2.05) is 0 Å². The summed E-state index contributed by atoms with van der Waals surface area (Å²) in [6, 6.07) is 0. The number of epoxide rings is 1. The number of carbonyl (C=O) groups is 1. The number of rotatable bonds is 0. The zero-order chi connectivity index (χ0) is 23.1. The molecule has 180 valence electrons. The third-order valence-corrected chi connectivity index (χ3v) is 13.2. The van der Waals surface area contributed by atoms with Crippen molar-refractivity contribution in [1.29, 1.82) is 0 Å². The maximum absolute atomic E-state index is 13.7. The average Bonchev–Trinajstić information content (AvgIpc) is 3.42. The summed E-state index contributed by atoms with van der Waals surface area (Å²) in [6.45, 7) is 17.0. The molecule has 3 heteroatoms. The van der Waals surface area contributed by atoms with Crippen LogP contribution in [0.25, 0.3) is 0 Å². The Bertz CT molecular complexity index is 860. The van der Waals surface area contributed by atoms with Crippen molar-refractivity contribution >= 4 is 5.78 Å². The molecule has 3 nitrogen and oxygen atoms in total. The molecule has 0 aromatic heterocycles. The topological polar surface area (TPSA) is 49.8 Å². The predicted molar refractivity (Wildman–Crippen MR) is 126 cm³/mol. The van der Waals surface area contributed by atoms with E-state index in [4.69, 9.17) is 4.74 Å². The third kappa shape index (κ3) is 2.30. The zero-order valence-electron chi connectivity index (χ0n) is 21.6. The maximum atomic E-state index is 13.7. The standard InChI is InChI=1S/C29H46O3/c1-24(2)11-8-17-18(15-24)29-23(32-29)14-21-26(5)12-10-22(31)25(3,4)20(26)9-13-27(21,6)28(29,7)16-19(17)30/h17-18,20-23,31H,8-16H2,1-7H3/t17-,18-,20+,21-,22+,23-,26+,27-,28+,29-/m1/s1. The lowest BCUT2D eigenvalue weighted by molar-refractivity contribution is -0.231. The van der Waals surface area contributed by atoms with Crippen LogP contribution in [0.1, 0.15) is 106 Å². The SMILES string of the molecule is CC1(C)CC[C@H]2C(=O)C[C@]3(C)[C@@]4(O[C@@H]4C[C@@H]4[C@@]5(C)CC[C@H](O)C(C)(C)[C@@H]5CC[C@]43C)[C@@H]2C1. The molecule has 1 heterocycles. The van der Waals surface area contributed by atoms with E-state index in [0.717, 1.165) is 32.1 Å². The van der Waals surface area contributed by atoms with Crippen LogP contribution in [-0.4, -0.2) is 28.7 Å². The Labute approximate surface area is 195 Å². The van der Waals surface area contributed by atoms with Gasteiger partial charge in [0.2, 0.25) is 0 Å². The van der Waals surface area contributed by atoms with Gasteiger partial charge in [0.1, 0.15) is 11.4 Å². The van der Waals surface area contributed by atoms with E-state index in [-0.39, 0.29) is 39.3 Å². The van der Waals surface area contributed by atoms with Crippen LogP contribution >= 0.6 is 0 Å². The van der Waals surface area contributed by atoms with Crippen LogP contribution in [0.4, 0.5) is 0 Å². The van der Waals surface area contributed by atoms with Crippen molar-refractivity contribution in [3.8, 4) is 0 Å². The minimum atomic E-state index is -0.193. The van der Waals surface area contributed by atoms with Crippen LogP contribution in [0.5, 0.6) is 0 Å². The van der Waals surface area contributed by atoms with Gasteiger partial charge in [0.15, 0.2) is 0 Å². The van der Waals surface area contributed by atoms with E-state index < -0.39 is 0 Å². The van der Waals surface area contributed by atoms with Crippen molar-refractivity contribution in [3.05, 3.63) is 0 Å². The molecule has 1 spiro atoms. The highest BCUT2D eigenvalue weighted by molar-refractivity contribution is 5.84. The minimum Gasteiger partial charge on any atom is -0.393 e. The Morgan fingerprint density at radius 2 is 1.62 bits per heavy atom. The van der Waals surface area contributed by atoms with Crippen LogP contribution in [-0.2, 0) is 9.53 Å². The quantitative estimate of drug-likeness (QED) is 0.456. The molecule has 0 aromatic carbocycles. The lowest BCUT2D eigenvalue weighted by Crippen LogP contribution is -2.70. The molecule has 1 N–H and O–H groups in total. The summed E-state index contributed by atoms with van der Waals surface area (Å²) in [5.41, 5.74) is 0.508. The van der Waals surface area contributed by atoms with Gasteiger partial charge in [-0.2, -0.15) is 0 Å². The van der Waals surface area contributed by atoms with Crippen molar-refractivity contribution in [2.24, 2.45) is 50.7 Å². The summed E-state index contributed by atoms with van der Waals surface area (Å²) in [7, 11) is 0. The van der Waals surface area contributed by atoms with Gasteiger partial charge in [0.05, 0.1) is 12.2 Å². The van der Waals surface area contributed by atoms with E-state index in [2.05, 4.69) is 48.5 Å². The first-order valence-electron chi connectivity index (χ1n) is 13.6. The van der Waals surface area contributed by atoms with Gasteiger partial charge in [-0.25, -0.2) is 0 Å². The monoisotopic (exact) mass is 442 g/mol.